The molecule has 1 amide bonds. The lowest BCUT2D eigenvalue weighted by Crippen LogP contribution is -2.38. The van der Waals surface area contributed by atoms with Gasteiger partial charge >= 0.3 is 0 Å². The average Bonchev–Trinajstić information content (AvgIpc) is 2.96. The largest absolute Gasteiger partial charge is 0.338 e. The van der Waals surface area contributed by atoms with Gasteiger partial charge < -0.3 is 10.2 Å². The van der Waals surface area contributed by atoms with Gasteiger partial charge in [0.1, 0.15) is 0 Å². The quantitative estimate of drug-likeness (QED) is 0.908. The number of carbonyl (C=O) groups excluding carboxylic acids is 1. The summed E-state index contributed by atoms with van der Waals surface area (Å²) in [4.78, 5) is 17.2. The molecular weight excluding hydrogens is 316 g/mol. The maximum atomic E-state index is 12.7. The number of amides is 1. The Morgan fingerprint density at radius 3 is 2.73 bits per heavy atom. The molecule has 5 heteroatoms. The number of piperidine rings is 1. The number of aryl methyl sites for hydroxylation is 2. The van der Waals surface area contributed by atoms with E-state index in [0.717, 1.165) is 30.4 Å². The van der Waals surface area contributed by atoms with E-state index in [1.807, 2.05) is 7.05 Å². The van der Waals surface area contributed by atoms with Gasteiger partial charge in [0.2, 0.25) is 0 Å². The van der Waals surface area contributed by atoms with E-state index in [2.05, 4.69) is 16.3 Å². The molecule has 3 nitrogen and oxygen atoms in total. The fourth-order valence-electron chi connectivity index (χ4n) is 3.53. The van der Waals surface area contributed by atoms with Crippen molar-refractivity contribution >= 4 is 29.7 Å². The molecule has 0 unspecified atom stereocenters. The summed E-state index contributed by atoms with van der Waals surface area (Å²) in [6.07, 6.45) is 8.50. The molecule has 1 aromatic rings. The van der Waals surface area contributed by atoms with E-state index in [-0.39, 0.29) is 18.3 Å². The van der Waals surface area contributed by atoms with Crippen molar-refractivity contribution in [3.63, 3.8) is 0 Å². The zero-order valence-electron chi connectivity index (χ0n) is 13.4. The predicted molar refractivity (Wildman–Crippen MR) is 95.4 cm³/mol. The van der Waals surface area contributed by atoms with E-state index in [1.165, 1.54) is 55.4 Å². The number of likely N-dealkylation sites (tertiary alicyclic amines) is 1. The minimum atomic E-state index is 0. The van der Waals surface area contributed by atoms with Crippen LogP contribution < -0.4 is 5.32 Å². The van der Waals surface area contributed by atoms with Gasteiger partial charge in [-0.2, -0.15) is 0 Å². The molecule has 1 aliphatic carbocycles. The maximum Gasteiger partial charge on any atom is 0.263 e. The van der Waals surface area contributed by atoms with Crippen LogP contribution >= 0.6 is 23.7 Å². The second kappa shape index (κ2) is 8.32. The predicted octanol–water partition coefficient (Wildman–Crippen LogP) is 3.51. The summed E-state index contributed by atoms with van der Waals surface area (Å²) in [7, 11) is 2.01. The SMILES string of the molecule is CNCCC1CCN(C(=O)c2cc3c(s2)CCCC3)CC1.Cl. The fraction of sp³-hybridized carbons (Fsp3) is 0.706. The lowest BCUT2D eigenvalue weighted by molar-refractivity contribution is 0.0692. The minimum absolute atomic E-state index is 0. The van der Waals surface area contributed by atoms with E-state index in [4.69, 9.17) is 0 Å². The second-order valence-corrected chi connectivity index (χ2v) is 7.53. The van der Waals surface area contributed by atoms with Crippen molar-refractivity contribution in [2.45, 2.75) is 44.9 Å². The first-order valence-corrected chi connectivity index (χ1v) is 9.15. The third kappa shape index (κ3) is 4.03. The van der Waals surface area contributed by atoms with Crippen LogP contribution in [0.15, 0.2) is 6.07 Å². The van der Waals surface area contributed by atoms with E-state index in [1.54, 1.807) is 11.3 Å². The summed E-state index contributed by atoms with van der Waals surface area (Å²) in [6, 6.07) is 2.18. The zero-order chi connectivity index (χ0) is 14.7. The zero-order valence-corrected chi connectivity index (χ0v) is 15.0. The molecule has 0 aromatic carbocycles. The van der Waals surface area contributed by atoms with Gasteiger partial charge in [0, 0.05) is 18.0 Å². The number of rotatable bonds is 4. The standard InChI is InChI=1S/C17H26N2OS.ClH/c1-18-9-6-13-7-10-19(11-8-13)17(20)16-12-14-4-2-3-5-15(14)21-16;/h12-13,18H,2-11H2,1H3;1H. The molecule has 0 radical (unpaired) electrons. The topological polar surface area (TPSA) is 32.3 Å². The Balaban J connectivity index is 0.00000176. The van der Waals surface area contributed by atoms with Crippen molar-refractivity contribution in [3.8, 4) is 0 Å². The minimum Gasteiger partial charge on any atom is -0.338 e. The number of carbonyl (C=O) groups is 1. The molecule has 1 fully saturated rings. The van der Waals surface area contributed by atoms with E-state index in [9.17, 15) is 4.79 Å². The number of hydrogen-bond acceptors (Lipinski definition) is 3. The van der Waals surface area contributed by atoms with Crippen LogP contribution in [0.5, 0.6) is 0 Å². The third-order valence-corrected chi connectivity index (χ3v) is 6.14. The molecule has 2 heterocycles. The first-order valence-electron chi connectivity index (χ1n) is 8.33. The van der Waals surface area contributed by atoms with Gasteiger partial charge in [0.25, 0.3) is 5.91 Å². The lowest BCUT2D eigenvalue weighted by atomic mass is 9.93. The Hall–Kier alpha value is -0.580. The normalized spacial score (nSPS) is 18.7. The molecule has 1 N–H and O–H groups in total. The van der Waals surface area contributed by atoms with Crippen molar-refractivity contribution in [2.24, 2.45) is 5.92 Å². The van der Waals surface area contributed by atoms with Gasteiger partial charge in [-0.25, -0.2) is 0 Å². The molecule has 1 aromatic heterocycles. The molecule has 124 valence electrons. The van der Waals surface area contributed by atoms with Crippen LogP contribution in [0.2, 0.25) is 0 Å². The molecule has 22 heavy (non-hydrogen) atoms. The second-order valence-electron chi connectivity index (χ2n) is 6.39. The van der Waals surface area contributed by atoms with Crippen LogP contribution in [0.25, 0.3) is 0 Å². The van der Waals surface area contributed by atoms with Crippen LogP contribution in [0.3, 0.4) is 0 Å². The molecule has 2 aliphatic rings. The van der Waals surface area contributed by atoms with Gasteiger partial charge in [0.05, 0.1) is 4.88 Å². The van der Waals surface area contributed by atoms with Crippen LogP contribution in [0, 0.1) is 5.92 Å². The summed E-state index contributed by atoms with van der Waals surface area (Å²) in [5.41, 5.74) is 1.44. The number of thiophene rings is 1. The Labute approximate surface area is 143 Å². The number of nitrogens with zero attached hydrogens (tertiary/aromatic N) is 1. The van der Waals surface area contributed by atoms with Gasteiger partial charge in [-0.3, -0.25) is 4.79 Å². The Kier molecular flexibility index (Phi) is 6.72. The van der Waals surface area contributed by atoms with Gasteiger partial charge in [-0.05, 0) is 76.1 Å². The highest BCUT2D eigenvalue weighted by atomic mass is 35.5. The number of fused-ring (bicyclic) bond motifs is 1. The Bertz CT molecular complexity index is 471. The number of halogens is 1. The van der Waals surface area contributed by atoms with Gasteiger partial charge in [0.15, 0.2) is 0 Å². The summed E-state index contributed by atoms with van der Waals surface area (Å²) >= 11 is 1.75. The molecule has 0 spiro atoms. The molecule has 1 saturated heterocycles. The third-order valence-electron chi connectivity index (χ3n) is 4.91. The lowest BCUT2D eigenvalue weighted by Gasteiger charge is -2.31. The first-order chi connectivity index (χ1) is 10.3. The molecule has 1 aliphatic heterocycles. The van der Waals surface area contributed by atoms with Crippen LogP contribution in [-0.2, 0) is 12.8 Å². The fourth-order valence-corrected chi connectivity index (χ4v) is 4.75. The highest BCUT2D eigenvalue weighted by Gasteiger charge is 2.25. The first kappa shape index (κ1) is 17.8. The highest BCUT2D eigenvalue weighted by Crippen LogP contribution is 2.31. The van der Waals surface area contributed by atoms with Crippen molar-refractivity contribution in [1.29, 1.82) is 0 Å². The summed E-state index contributed by atoms with van der Waals surface area (Å²) in [5, 5.41) is 3.22. The van der Waals surface area contributed by atoms with E-state index >= 15 is 0 Å². The average molecular weight is 343 g/mol. The molecule has 0 saturated carbocycles. The van der Waals surface area contributed by atoms with E-state index < -0.39 is 0 Å². The Morgan fingerprint density at radius 1 is 1.32 bits per heavy atom. The van der Waals surface area contributed by atoms with Crippen LogP contribution in [0.4, 0.5) is 0 Å². The molecule has 0 bridgehead atoms. The highest BCUT2D eigenvalue weighted by molar-refractivity contribution is 7.14. The van der Waals surface area contributed by atoms with Crippen LogP contribution in [0.1, 0.15) is 52.2 Å². The summed E-state index contributed by atoms with van der Waals surface area (Å²) < 4.78 is 0. The number of nitrogens with one attached hydrogen (secondary N) is 1. The summed E-state index contributed by atoms with van der Waals surface area (Å²) in [6.45, 7) is 2.97. The van der Waals surface area contributed by atoms with E-state index in [0.29, 0.717) is 0 Å². The van der Waals surface area contributed by atoms with Crippen molar-refractivity contribution in [3.05, 3.63) is 21.4 Å². The number of hydrogen-bond donors (Lipinski definition) is 1. The van der Waals surface area contributed by atoms with Gasteiger partial charge in [-0.15, -0.1) is 23.7 Å². The summed E-state index contributed by atoms with van der Waals surface area (Å²) in [5.74, 6) is 1.07. The Morgan fingerprint density at radius 2 is 2.05 bits per heavy atom. The van der Waals surface area contributed by atoms with Gasteiger partial charge in [-0.1, -0.05) is 0 Å². The maximum absolute atomic E-state index is 12.7. The monoisotopic (exact) mass is 342 g/mol. The van der Waals surface area contributed by atoms with Crippen molar-refractivity contribution in [2.75, 3.05) is 26.7 Å². The van der Waals surface area contributed by atoms with Crippen LogP contribution in [-0.4, -0.2) is 37.5 Å². The smallest absolute Gasteiger partial charge is 0.263 e. The van der Waals surface area contributed by atoms with Crippen molar-refractivity contribution < 1.29 is 4.79 Å². The molecule has 3 rings (SSSR count). The van der Waals surface area contributed by atoms with Crippen molar-refractivity contribution in [1.82, 2.24) is 10.2 Å². The molecule has 0 atom stereocenters. The molecular formula is C17H27ClN2OS.